The van der Waals surface area contributed by atoms with Crippen LogP contribution in [0.1, 0.15) is 11.7 Å². The molecule has 0 saturated heterocycles. The summed E-state index contributed by atoms with van der Waals surface area (Å²) in [6.45, 7) is 1.79. The molecule has 19 heavy (non-hydrogen) atoms. The molecule has 0 aromatic carbocycles. The van der Waals surface area contributed by atoms with Crippen LogP contribution >= 0.6 is 23.1 Å². The zero-order valence-corrected chi connectivity index (χ0v) is 11.6. The van der Waals surface area contributed by atoms with Crippen molar-refractivity contribution in [3.05, 3.63) is 29.2 Å². The Kier molecular flexibility index (Phi) is 3.22. The molecule has 2 N–H and O–H groups in total. The van der Waals surface area contributed by atoms with Crippen LogP contribution in [0.3, 0.4) is 0 Å². The molecule has 0 bridgehead atoms. The molecular formula is C10H10N6OS2. The highest BCUT2D eigenvalue weighted by Crippen LogP contribution is 2.24. The maximum Gasteiger partial charge on any atom is 0.237 e. The molecule has 0 aliphatic carbocycles. The first kappa shape index (κ1) is 12.2. The summed E-state index contributed by atoms with van der Waals surface area (Å²) >= 11 is 2.97. The number of nitrogen functional groups attached to an aromatic ring is 1. The fraction of sp³-hybridized carbons (Fsp3) is 0.200. The molecule has 0 amide bonds. The van der Waals surface area contributed by atoms with E-state index in [1.807, 2.05) is 17.5 Å². The Bertz CT molecular complexity index is 674. The number of hydrogen-bond acceptors (Lipinski definition) is 8. The molecule has 9 heteroatoms. The lowest BCUT2D eigenvalue weighted by atomic mass is 10.4. The normalized spacial score (nSPS) is 11.0. The smallest absolute Gasteiger partial charge is 0.237 e. The fourth-order valence-electron chi connectivity index (χ4n) is 1.39. The third kappa shape index (κ3) is 2.47. The minimum absolute atomic E-state index is 0.508. The van der Waals surface area contributed by atoms with Gasteiger partial charge < -0.3 is 10.4 Å². The molecule has 3 aromatic rings. The van der Waals surface area contributed by atoms with Gasteiger partial charge in [0.2, 0.25) is 16.9 Å². The van der Waals surface area contributed by atoms with E-state index in [4.69, 9.17) is 10.4 Å². The number of aromatic nitrogens is 5. The molecule has 3 aromatic heterocycles. The van der Waals surface area contributed by atoms with E-state index >= 15 is 0 Å². The van der Waals surface area contributed by atoms with Gasteiger partial charge in [0.15, 0.2) is 0 Å². The number of rotatable bonds is 4. The van der Waals surface area contributed by atoms with Gasteiger partial charge in [0.05, 0.1) is 10.6 Å². The van der Waals surface area contributed by atoms with Crippen molar-refractivity contribution in [1.82, 2.24) is 25.0 Å². The van der Waals surface area contributed by atoms with Gasteiger partial charge in [-0.05, 0) is 18.4 Å². The van der Waals surface area contributed by atoms with E-state index in [2.05, 4.69) is 20.3 Å². The van der Waals surface area contributed by atoms with Crippen molar-refractivity contribution in [2.75, 3.05) is 5.84 Å². The lowest BCUT2D eigenvalue weighted by Crippen LogP contribution is -2.11. The van der Waals surface area contributed by atoms with Gasteiger partial charge >= 0.3 is 0 Å². The zero-order chi connectivity index (χ0) is 13.2. The largest absolute Gasteiger partial charge is 0.338 e. The molecule has 0 aliphatic heterocycles. The van der Waals surface area contributed by atoms with Crippen LogP contribution in [0.5, 0.6) is 0 Å². The Balaban J connectivity index is 1.69. The van der Waals surface area contributed by atoms with E-state index in [1.165, 1.54) is 16.4 Å². The summed E-state index contributed by atoms with van der Waals surface area (Å²) in [5.41, 5.74) is 0. The predicted molar refractivity (Wildman–Crippen MR) is 72.1 cm³/mol. The maximum absolute atomic E-state index is 5.75. The Morgan fingerprint density at radius 1 is 1.47 bits per heavy atom. The van der Waals surface area contributed by atoms with E-state index in [0.717, 1.165) is 4.88 Å². The van der Waals surface area contributed by atoms with Crippen LogP contribution in [0.15, 0.2) is 27.2 Å². The average molecular weight is 294 g/mol. The maximum atomic E-state index is 5.75. The first-order valence-corrected chi connectivity index (χ1v) is 7.27. The molecule has 0 spiro atoms. The summed E-state index contributed by atoms with van der Waals surface area (Å²) in [4.78, 5) is 5.30. The van der Waals surface area contributed by atoms with Crippen molar-refractivity contribution in [3.63, 3.8) is 0 Å². The Labute approximate surface area is 116 Å². The van der Waals surface area contributed by atoms with E-state index in [9.17, 15) is 0 Å². The minimum atomic E-state index is 0.508. The molecule has 98 valence electrons. The highest BCUT2D eigenvalue weighted by molar-refractivity contribution is 7.98. The summed E-state index contributed by atoms with van der Waals surface area (Å²) in [6.07, 6.45) is 0. The van der Waals surface area contributed by atoms with E-state index in [1.54, 1.807) is 18.3 Å². The third-order valence-corrected chi connectivity index (χ3v) is 4.16. The molecule has 3 rings (SSSR count). The summed E-state index contributed by atoms with van der Waals surface area (Å²) in [7, 11) is 0. The van der Waals surface area contributed by atoms with Crippen LogP contribution in [-0.2, 0) is 5.75 Å². The van der Waals surface area contributed by atoms with Crippen molar-refractivity contribution >= 4 is 23.1 Å². The Morgan fingerprint density at radius 3 is 3.05 bits per heavy atom. The number of nitrogens with zero attached hydrogens (tertiary/aromatic N) is 5. The van der Waals surface area contributed by atoms with Gasteiger partial charge in [-0.2, -0.15) is 4.98 Å². The monoisotopic (exact) mass is 294 g/mol. The predicted octanol–water partition coefficient (Wildman–Crippen LogP) is 1.70. The second-order valence-electron chi connectivity index (χ2n) is 3.68. The number of thioether (sulfide) groups is 1. The molecule has 7 nitrogen and oxygen atoms in total. The first-order chi connectivity index (χ1) is 9.24. The van der Waals surface area contributed by atoms with Gasteiger partial charge in [-0.3, -0.25) is 0 Å². The highest BCUT2D eigenvalue weighted by atomic mass is 32.2. The van der Waals surface area contributed by atoms with Crippen LogP contribution in [0.4, 0.5) is 0 Å². The van der Waals surface area contributed by atoms with E-state index in [-0.39, 0.29) is 0 Å². The fourth-order valence-corrected chi connectivity index (χ4v) is 2.78. The van der Waals surface area contributed by atoms with Crippen LogP contribution in [-0.4, -0.2) is 25.0 Å². The van der Waals surface area contributed by atoms with Crippen molar-refractivity contribution < 1.29 is 4.52 Å². The lowest BCUT2D eigenvalue weighted by Gasteiger charge is -1.97. The van der Waals surface area contributed by atoms with Crippen LogP contribution < -0.4 is 5.84 Å². The van der Waals surface area contributed by atoms with Crippen LogP contribution in [0.25, 0.3) is 10.7 Å². The van der Waals surface area contributed by atoms with Crippen LogP contribution in [0, 0.1) is 6.92 Å². The van der Waals surface area contributed by atoms with Gasteiger partial charge in [0.1, 0.15) is 5.82 Å². The van der Waals surface area contributed by atoms with Crippen molar-refractivity contribution in [3.8, 4) is 10.7 Å². The van der Waals surface area contributed by atoms with Gasteiger partial charge in [0, 0.05) is 0 Å². The molecule has 0 unspecified atom stereocenters. The second-order valence-corrected chi connectivity index (χ2v) is 5.57. The highest BCUT2D eigenvalue weighted by Gasteiger charge is 2.12. The van der Waals surface area contributed by atoms with Gasteiger partial charge in [-0.15, -0.1) is 21.5 Å². The molecule has 0 fully saturated rings. The minimum Gasteiger partial charge on any atom is -0.338 e. The van der Waals surface area contributed by atoms with Gasteiger partial charge in [0.25, 0.3) is 0 Å². The first-order valence-electron chi connectivity index (χ1n) is 5.40. The lowest BCUT2D eigenvalue weighted by molar-refractivity contribution is 0.391. The van der Waals surface area contributed by atoms with Crippen LogP contribution in [0.2, 0.25) is 0 Å². The van der Waals surface area contributed by atoms with Crippen molar-refractivity contribution in [1.29, 1.82) is 0 Å². The average Bonchev–Trinajstić information content (AvgIpc) is 3.11. The Hall–Kier alpha value is -1.87. The number of hydrogen-bond donors (Lipinski definition) is 1. The second kappa shape index (κ2) is 5.02. The van der Waals surface area contributed by atoms with Gasteiger partial charge in [-0.1, -0.05) is 23.0 Å². The van der Waals surface area contributed by atoms with Crippen molar-refractivity contribution in [2.24, 2.45) is 0 Å². The quantitative estimate of drug-likeness (QED) is 0.578. The molecule has 0 radical (unpaired) electrons. The summed E-state index contributed by atoms with van der Waals surface area (Å²) in [6, 6.07) is 3.90. The summed E-state index contributed by atoms with van der Waals surface area (Å²) in [5.74, 6) is 8.07. The molecular weight excluding hydrogens is 284 g/mol. The standard InChI is InChI=1S/C10H10N6OS2/c1-6-13-14-10(16(6)11)19-5-8-12-9(15-17-8)7-3-2-4-18-7/h2-4H,5,11H2,1H3. The molecule has 0 atom stereocenters. The summed E-state index contributed by atoms with van der Waals surface area (Å²) in [5, 5.41) is 14.4. The van der Waals surface area contributed by atoms with Crippen molar-refractivity contribution in [2.45, 2.75) is 17.8 Å². The van der Waals surface area contributed by atoms with Gasteiger partial charge in [-0.25, -0.2) is 4.68 Å². The number of aryl methyl sites for hydroxylation is 1. The van der Waals surface area contributed by atoms with E-state index < -0.39 is 0 Å². The molecule has 0 aliphatic rings. The molecule has 0 saturated carbocycles. The third-order valence-electron chi connectivity index (χ3n) is 2.37. The van der Waals surface area contributed by atoms with E-state index in [0.29, 0.717) is 28.4 Å². The number of nitrogens with two attached hydrogens (primary N) is 1. The zero-order valence-electron chi connectivity index (χ0n) is 9.98. The SMILES string of the molecule is Cc1nnc(SCc2nc(-c3cccs3)no2)n1N. The molecule has 3 heterocycles. The summed E-state index contributed by atoms with van der Waals surface area (Å²) < 4.78 is 6.62. The number of thiophene rings is 1. The Morgan fingerprint density at radius 2 is 2.37 bits per heavy atom. The topological polar surface area (TPSA) is 95.6 Å².